The smallest absolute Gasteiger partial charge is 0.238 e. The Hall–Kier alpha value is -1.59. The third-order valence-corrected chi connectivity index (χ3v) is 4.29. The van der Waals surface area contributed by atoms with Crippen LogP contribution in [0.3, 0.4) is 0 Å². The number of likely N-dealkylation sites (tertiary alicyclic amines) is 1. The molecule has 2 unspecified atom stereocenters. The Morgan fingerprint density at radius 2 is 2.27 bits per heavy atom. The van der Waals surface area contributed by atoms with Gasteiger partial charge in [0.25, 0.3) is 0 Å². The van der Waals surface area contributed by atoms with Gasteiger partial charge in [0.2, 0.25) is 5.91 Å². The van der Waals surface area contributed by atoms with Crippen LogP contribution in [0.2, 0.25) is 0 Å². The molecule has 2 rings (SSSR count). The highest BCUT2D eigenvalue weighted by Gasteiger charge is 2.25. The van der Waals surface area contributed by atoms with E-state index in [-0.39, 0.29) is 17.9 Å². The van der Waals surface area contributed by atoms with Gasteiger partial charge in [-0.25, -0.2) is 5.84 Å². The molecule has 0 radical (unpaired) electrons. The number of amides is 1. The van der Waals surface area contributed by atoms with Crippen LogP contribution in [0.1, 0.15) is 38.7 Å². The normalized spacial score (nSPS) is 20.4. The van der Waals surface area contributed by atoms with Crippen LogP contribution in [-0.4, -0.2) is 30.0 Å². The molecule has 5 nitrogen and oxygen atoms in total. The Morgan fingerprint density at radius 3 is 3.00 bits per heavy atom. The van der Waals surface area contributed by atoms with Crippen LogP contribution in [0.5, 0.6) is 5.75 Å². The number of hydrogen-bond donors (Lipinski definition) is 2. The van der Waals surface area contributed by atoms with Gasteiger partial charge in [-0.1, -0.05) is 25.1 Å². The summed E-state index contributed by atoms with van der Waals surface area (Å²) in [4.78, 5) is 14.0. The van der Waals surface area contributed by atoms with E-state index in [1.165, 1.54) is 5.56 Å². The Balaban J connectivity index is 2.02. The number of hydrogen-bond acceptors (Lipinski definition) is 4. The predicted octanol–water partition coefficient (Wildman–Crippen LogP) is 2.07. The fraction of sp³-hybridized carbons (Fsp3) is 0.588. The number of nitrogens with one attached hydrogen (secondary N) is 1. The number of carbonyl (C=O) groups is 1. The lowest BCUT2D eigenvalue weighted by Crippen LogP contribution is -2.44. The molecule has 5 heteroatoms. The van der Waals surface area contributed by atoms with E-state index < -0.39 is 0 Å². The third-order valence-electron chi connectivity index (χ3n) is 4.29. The Morgan fingerprint density at radius 1 is 1.50 bits per heavy atom. The van der Waals surface area contributed by atoms with Crippen molar-refractivity contribution in [1.82, 2.24) is 10.3 Å². The molecular formula is C17H27N3O2. The zero-order valence-electron chi connectivity index (χ0n) is 13.5. The summed E-state index contributed by atoms with van der Waals surface area (Å²) in [5.74, 6) is 6.13. The number of para-hydroxylation sites is 1. The number of ether oxygens (including phenoxy) is 1. The first-order chi connectivity index (χ1) is 10.6. The second-order valence-corrected chi connectivity index (χ2v) is 6.03. The topological polar surface area (TPSA) is 67.6 Å². The monoisotopic (exact) mass is 305 g/mol. The molecule has 0 spiro atoms. The van der Waals surface area contributed by atoms with E-state index in [1.807, 2.05) is 18.2 Å². The summed E-state index contributed by atoms with van der Waals surface area (Å²) in [6.45, 7) is 6.76. The van der Waals surface area contributed by atoms with Crippen LogP contribution in [0.15, 0.2) is 24.3 Å². The summed E-state index contributed by atoms with van der Waals surface area (Å²) in [6.07, 6.45) is 3.12. The first-order valence-electron chi connectivity index (χ1n) is 8.11. The lowest BCUT2D eigenvalue weighted by atomic mass is 9.97. The maximum Gasteiger partial charge on any atom is 0.238 e. The Bertz CT molecular complexity index is 493. The fourth-order valence-corrected chi connectivity index (χ4v) is 2.82. The van der Waals surface area contributed by atoms with Crippen LogP contribution < -0.4 is 16.0 Å². The van der Waals surface area contributed by atoms with E-state index in [0.717, 1.165) is 44.6 Å². The van der Waals surface area contributed by atoms with Gasteiger partial charge in [-0.2, -0.15) is 0 Å². The lowest BCUT2D eigenvalue weighted by Gasteiger charge is -2.32. The molecule has 3 N–H and O–H groups in total. The minimum absolute atomic E-state index is 0.0126. The van der Waals surface area contributed by atoms with Crippen molar-refractivity contribution in [1.29, 1.82) is 0 Å². The number of benzene rings is 1. The summed E-state index contributed by atoms with van der Waals surface area (Å²) < 4.78 is 6.01. The van der Waals surface area contributed by atoms with Gasteiger partial charge in [-0.05, 0) is 38.8 Å². The second kappa shape index (κ2) is 8.15. The van der Waals surface area contributed by atoms with Gasteiger partial charge in [0, 0.05) is 18.7 Å². The number of piperidine rings is 1. The summed E-state index contributed by atoms with van der Waals surface area (Å²) in [7, 11) is 0. The van der Waals surface area contributed by atoms with Crippen LogP contribution in [0, 0.1) is 5.92 Å². The van der Waals surface area contributed by atoms with Crippen molar-refractivity contribution in [3.8, 4) is 5.75 Å². The van der Waals surface area contributed by atoms with Gasteiger partial charge < -0.3 is 4.74 Å². The summed E-state index contributed by atoms with van der Waals surface area (Å²) in [6, 6.07) is 8.16. The number of carbonyl (C=O) groups excluding carboxylic acids is 1. The van der Waals surface area contributed by atoms with Crippen molar-refractivity contribution in [2.24, 2.45) is 11.8 Å². The molecule has 1 aromatic carbocycles. The first-order valence-corrected chi connectivity index (χ1v) is 8.11. The van der Waals surface area contributed by atoms with Crippen LogP contribution in [0.25, 0.3) is 0 Å². The predicted molar refractivity (Wildman–Crippen MR) is 87.2 cm³/mol. The molecule has 1 heterocycles. The largest absolute Gasteiger partial charge is 0.490 e. The number of nitrogens with zero attached hydrogens (tertiary/aromatic N) is 1. The quantitative estimate of drug-likeness (QED) is 0.479. The van der Waals surface area contributed by atoms with Crippen molar-refractivity contribution < 1.29 is 9.53 Å². The summed E-state index contributed by atoms with van der Waals surface area (Å²) in [5, 5.41) is 0. The molecule has 22 heavy (non-hydrogen) atoms. The van der Waals surface area contributed by atoms with Gasteiger partial charge in [-0.3, -0.25) is 15.1 Å². The molecular weight excluding hydrogens is 278 g/mol. The molecule has 122 valence electrons. The molecule has 1 aromatic rings. The van der Waals surface area contributed by atoms with Gasteiger partial charge >= 0.3 is 0 Å². The second-order valence-electron chi connectivity index (χ2n) is 6.03. The van der Waals surface area contributed by atoms with Crippen molar-refractivity contribution in [3.63, 3.8) is 0 Å². The molecule has 1 aliphatic rings. The SMILES string of the molecule is CCC(C)Oc1ccccc1CN1CCCC(C(=O)NN)C1. The zero-order chi connectivity index (χ0) is 15.9. The molecule has 2 atom stereocenters. The van der Waals surface area contributed by atoms with Gasteiger partial charge in [0.05, 0.1) is 12.0 Å². The first kappa shape index (κ1) is 16.8. The van der Waals surface area contributed by atoms with E-state index in [0.29, 0.717) is 0 Å². The Labute approximate surface area is 132 Å². The average molecular weight is 305 g/mol. The molecule has 0 bridgehead atoms. The van der Waals surface area contributed by atoms with E-state index in [2.05, 4.69) is 30.2 Å². The Kier molecular flexibility index (Phi) is 6.21. The zero-order valence-corrected chi connectivity index (χ0v) is 13.5. The van der Waals surface area contributed by atoms with Crippen molar-refractivity contribution >= 4 is 5.91 Å². The van der Waals surface area contributed by atoms with Crippen LogP contribution >= 0.6 is 0 Å². The summed E-state index contributed by atoms with van der Waals surface area (Å²) in [5.41, 5.74) is 3.45. The van der Waals surface area contributed by atoms with Crippen molar-refractivity contribution in [2.45, 2.75) is 45.8 Å². The third kappa shape index (κ3) is 4.45. The highest BCUT2D eigenvalue weighted by atomic mass is 16.5. The van der Waals surface area contributed by atoms with E-state index in [1.54, 1.807) is 0 Å². The summed E-state index contributed by atoms with van der Waals surface area (Å²) >= 11 is 0. The van der Waals surface area contributed by atoms with Gasteiger partial charge in [0.15, 0.2) is 0 Å². The van der Waals surface area contributed by atoms with E-state index in [9.17, 15) is 4.79 Å². The highest BCUT2D eigenvalue weighted by molar-refractivity contribution is 5.78. The van der Waals surface area contributed by atoms with Crippen LogP contribution in [-0.2, 0) is 11.3 Å². The molecule has 1 saturated heterocycles. The lowest BCUT2D eigenvalue weighted by molar-refractivity contribution is -0.126. The highest BCUT2D eigenvalue weighted by Crippen LogP contribution is 2.24. The molecule has 1 fully saturated rings. The van der Waals surface area contributed by atoms with Crippen LogP contribution in [0.4, 0.5) is 0 Å². The molecule has 0 saturated carbocycles. The fourth-order valence-electron chi connectivity index (χ4n) is 2.82. The number of rotatable bonds is 6. The molecule has 0 aromatic heterocycles. The number of hydrazine groups is 1. The van der Waals surface area contributed by atoms with Crippen molar-refractivity contribution in [2.75, 3.05) is 13.1 Å². The number of nitrogens with two attached hydrogens (primary N) is 1. The molecule has 0 aliphatic carbocycles. The van der Waals surface area contributed by atoms with Gasteiger partial charge in [0.1, 0.15) is 5.75 Å². The van der Waals surface area contributed by atoms with Crippen molar-refractivity contribution in [3.05, 3.63) is 29.8 Å². The maximum atomic E-state index is 11.7. The van der Waals surface area contributed by atoms with E-state index >= 15 is 0 Å². The maximum absolute atomic E-state index is 11.7. The standard InChI is InChI=1S/C17H27N3O2/c1-3-13(2)22-16-9-5-4-7-14(16)11-20-10-6-8-15(12-20)17(21)19-18/h4-5,7,9,13,15H,3,6,8,10-12,18H2,1-2H3,(H,19,21). The van der Waals surface area contributed by atoms with Gasteiger partial charge in [-0.15, -0.1) is 0 Å². The molecule has 1 aliphatic heterocycles. The average Bonchev–Trinajstić information content (AvgIpc) is 2.56. The minimum atomic E-state index is -0.0613. The minimum Gasteiger partial charge on any atom is -0.490 e. The van der Waals surface area contributed by atoms with E-state index in [4.69, 9.17) is 10.6 Å². The molecule has 1 amide bonds.